The highest BCUT2D eigenvalue weighted by molar-refractivity contribution is 7.80. The van der Waals surface area contributed by atoms with E-state index in [1.54, 1.807) is 0 Å². The Labute approximate surface area is 95.6 Å². The van der Waals surface area contributed by atoms with Crippen molar-refractivity contribution in [2.75, 3.05) is 11.9 Å². The molecule has 0 aromatic heterocycles. The number of nitrogens with one attached hydrogen (secondary N) is 1. The van der Waals surface area contributed by atoms with Gasteiger partial charge in [0.1, 0.15) is 5.75 Å². The van der Waals surface area contributed by atoms with E-state index in [2.05, 4.69) is 12.2 Å². The number of thiocarbonyl (C=S) groups is 1. The largest absolute Gasteiger partial charge is 0.491 e. The van der Waals surface area contributed by atoms with E-state index >= 15 is 0 Å². The molecule has 0 aliphatic rings. The first-order valence-electron chi connectivity index (χ1n) is 4.93. The molecule has 3 N–H and O–H groups in total. The molecule has 1 aromatic rings. The van der Waals surface area contributed by atoms with E-state index in [4.69, 9.17) is 22.7 Å². The number of rotatable bonds is 4. The van der Waals surface area contributed by atoms with Crippen LogP contribution in [0.4, 0.5) is 5.69 Å². The van der Waals surface area contributed by atoms with Gasteiger partial charge in [-0.3, -0.25) is 0 Å². The topological polar surface area (TPSA) is 47.3 Å². The fourth-order valence-corrected chi connectivity index (χ4v) is 1.32. The van der Waals surface area contributed by atoms with Gasteiger partial charge >= 0.3 is 0 Å². The first-order valence-corrected chi connectivity index (χ1v) is 5.34. The van der Waals surface area contributed by atoms with Crippen molar-refractivity contribution in [2.24, 2.45) is 5.73 Å². The molecule has 0 radical (unpaired) electrons. The van der Waals surface area contributed by atoms with Crippen LogP contribution in [0.15, 0.2) is 18.2 Å². The molecule has 0 aliphatic carbocycles. The predicted octanol–water partition coefficient (Wildman–Crippen LogP) is 2.44. The summed E-state index contributed by atoms with van der Waals surface area (Å²) in [6.45, 7) is 4.76. The van der Waals surface area contributed by atoms with Gasteiger partial charge in [-0.1, -0.05) is 13.0 Å². The molecule has 0 spiro atoms. The number of anilines is 1. The Morgan fingerprint density at radius 1 is 1.53 bits per heavy atom. The Bertz CT molecular complexity index is 352. The summed E-state index contributed by atoms with van der Waals surface area (Å²) in [6.07, 6.45) is 0.973. The van der Waals surface area contributed by atoms with Crippen molar-refractivity contribution in [1.82, 2.24) is 0 Å². The maximum atomic E-state index is 5.56. The van der Waals surface area contributed by atoms with Gasteiger partial charge in [0.15, 0.2) is 5.11 Å². The molecule has 0 saturated carbocycles. The van der Waals surface area contributed by atoms with Gasteiger partial charge in [-0.15, -0.1) is 0 Å². The average molecular weight is 224 g/mol. The van der Waals surface area contributed by atoms with Crippen LogP contribution in [0.3, 0.4) is 0 Å². The van der Waals surface area contributed by atoms with Crippen molar-refractivity contribution in [3.63, 3.8) is 0 Å². The third kappa shape index (κ3) is 3.75. The number of nitrogens with two attached hydrogens (primary N) is 1. The van der Waals surface area contributed by atoms with Gasteiger partial charge < -0.3 is 15.8 Å². The smallest absolute Gasteiger partial charge is 0.168 e. The van der Waals surface area contributed by atoms with Crippen molar-refractivity contribution in [2.45, 2.75) is 20.3 Å². The second-order valence-electron chi connectivity index (χ2n) is 3.34. The molecule has 15 heavy (non-hydrogen) atoms. The number of benzene rings is 1. The third-order valence-electron chi connectivity index (χ3n) is 1.85. The standard InChI is InChI=1S/C11H16N2OS/c1-3-6-14-10-5-4-8(2)7-9(10)13-11(12)15/h4-5,7H,3,6H2,1-2H3,(H3,12,13,15). The van der Waals surface area contributed by atoms with E-state index in [1.165, 1.54) is 0 Å². The first-order chi connectivity index (χ1) is 7.13. The zero-order valence-corrected chi connectivity index (χ0v) is 9.86. The van der Waals surface area contributed by atoms with E-state index < -0.39 is 0 Å². The fraction of sp³-hybridized carbons (Fsp3) is 0.364. The van der Waals surface area contributed by atoms with Gasteiger partial charge in [0.05, 0.1) is 12.3 Å². The molecule has 0 fully saturated rings. The number of hydrogen-bond donors (Lipinski definition) is 2. The molecule has 0 heterocycles. The molecule has 3 nitrogen and oxygen atoms in total. The summed E-state index contributed by atoms with van der Waals surface area (Å²) in [6, 6.07) is 5.88. The summed E-state index contributed by atoms with van der Waals surface area (Å²) in [5.74, 6) is 0.787. The van der Waals surface area contributed by atoms with Crippen LogP contribution in [0.5, 0.6) is 5.75 Å². The molecule has 0 unspecified atom stereocenters. The third-order valence-corrected chi connectivity index (χ3v) is 1.96. The Balaban J connectivity index is 2.87. The van der Waals surface area contributed by atoms with Crippen LogP contribution in [-0.2, 0) is 0 Å². The lowest BCUT2D eigenvalue weighted by atomic mass is 10.2. The Kier molecular flexibility index (Phi) is 4.37. The Morgan fingerprint density at radius 2 is 2.27 bits per heavy atom. The maximum Gasteiger partial charge on any atom is 0.168 e. The number of ether oxygens (including phenoxy) is 1. The van der Waals surface area contributed by atoms with Crippen LogP contribution in [0.2, 0.25) is 0 Å². The minimum absolute atomic E-state index is 0.252. The maximum absolute atomic E-state index is 5.56. The van der Waals surface area contributed by atoms with E-state index in [9.17, 15) is 0 Å². The van der Waals surface area contributed by atoms with Crippen LogP contribution >= 0.6 is 12.2 Å². The molecular weight excluding hydrogens is 208 g/mol. The predicted molar refractivity (Wildman–Crippen MR) is 67.4 cm³/mol. The van der Waals surface area contributed by atoms with Gasteiger partial charge in [-0.25, -0.2) is 0 Å². The number of aryl methyl sites for hydroxylation is 1. The minimum atomic E-state index is 0.252. The Morgan fingerprint density at radius 3 is 2.87 bits per heavy atom. The molecule has 1 aromatic carbocycles. The van der Waals surface area contributed by atoms with Crippen molar-refractivity contribution in [3.05, 3.63) is 23.8 Å². The van der Waals surface area contributed by atoms with Gasteiger partial charge in [0.25, 0.3) is 0 Å². The van der Waals surface area contributed by atoms with Gasteiger partial charge in [0.2, 0.25) is 0 Å². The zero-order valence-electron chi connectivity index (χ0n) is 9.04. The van der Waals surface area contributed by atoms with Crippen molar-refractivity contribution in [3.8, 4) is 5.75 Å². The van der Waals surface area contributed by atoms with Gasteiger partial charge in [0, 0.05) is 0 Å². The summed E-state index contributed by atoms with van der Waals surface area (Å²) in [5.41, 5.74) is 7.40. The lowest BCUT2D eigenvalue weighted by Gasteiger charge is -2.12. The minimum Gasteiger partial charge on any atom is -0.491 e. The van der Waals surface area contributed by atoms with Crippen LogP contribution in [0.25, 0.3) is 0 Å². The first kappa shape index (κ1) is 11.8. The van der Waals surface area contributed by atoms with Gasteiger partial charge in [-0.2, -0.15) is 0 Å². The van der Waals surface area contributed by atoms with Crippen molar-refractivity contribution < 1.29 is 4.74 Å². The summed E-state index contributed by atoms with van der Waals surface area (Å²) in [5, 5.41) is 3.16. The lowest BCUT2D eigenvalue weighted by molar-refractivity contribution is 0.319. The highest BCUT2D eigenvalue weighted by Crippen LogP contribution is 2.25. The van der Waals surface area contributed by atoms with Gasteiger partial charge in [-0.05, 0) is 43.3 Å². The Hall–Kier alpha value is -1.29. The molecule has 1 rings (SSSR count). The van der Waals surface area contributed by atoms with Crippen molar-refractivity contribution in [1.29, 1.82) is 0 Å². The zero-order chi connectivity index (χ0) is 11.3. The monoisotopic (exact) mass is 224 g/mol. The lowest BCUT2D eigenvalue weighted by Crippen LogP contribution is -2.19. The van der Waals surface area contributed by atoms with Crippen LogP contribution < -0.4 is 15.8 Å². The molecular formula is C11H16N2OS. The highest BCUT2D eigenvalue weighted by atomic mass is 32.1. The second kappa shape index (κ2) is 5.56. The van der Waals surface area contributed by atoms with Crippen LogP contribution in [0.1, 0.15) is 18.9 Å². The fourth-order valence-electron chi connectivity index (χ4n) is 1.21. The summed E-state index contributed by atoms with van der Waals surface area (Å²) < 4.78 is 5.56. The second-order valence-corrected chi connectivity index (χ2v) is 3.78. The number of hydrogen-bond acceptors (Lipinski definition) is 2. The SMILES string of the molecule is CCCOc1ccc(C)cc1NC(N)=S. The summed E-state index contributed by atoms with van der Waals surface area (Å²) >= 11 is 4.80. The normalized spacial score (nSPS) is 9.73. The molecule has 82 valence electrons. The molecule has 0 bridgehead atoms. The van der Waals surface area contributed by atoms with E-state index in [-0.39, 0.29) is 5.11 Å². The van der Waals surface area contributed by atoms with Crippen LogP contribution in [-0.4, -0.2) is 11.7 Å². The quantitative estimate of drug-likeness (QED) is 0.771. The van der Waals surface area contributed by atoms with Crippen molar-refractivity contribution >= 4 is 23.0 Å². The molecule has 0 amide bonds. The van der Waals surface area contributed by atoms with E-state index in [0.29, 0.717) is 6.61 Å². The van der Waals surface area contributed by atoms with Crippen LogP contribution in [0, 0.1) is 6.92 Å². The summed E-state index contributed by atoms with van der Waals surface area (Å²) in [4.78, 5) is 0. The van der Waals surface area contributed by atoms with E-state index in [1.807, 2.05) is 25.1 Å². The molecule has 0 aliphatic heterocycles. The average Bonchev–Trinajstić information content (AvgIpc) is 2.16. The molecule has 0 saturated heterocycles. The molecule has 4 heteroatoms. The molecule has 0 atom stereocenters. The van der Waals surface area contributed by atoms with E-state index in [0.717, 1.165) is 23.4 Å². The summed E-state index contributed by atoms with van der Waals surface area (Å²) in [7, 11) is 0. The highest BCUT2D eigenvalue weighted by Gasteiger charge is 2.04.